The van der Waals surface area contributed by atoms with Crippen molar-refractivity contribution in [3.8, 4) is 11.5 Å². The van der Waals surface area contributed by atoms with E-state index >= 15 is 0 Å². The molecule has 0 aliphatic carbocycles. The SMILES string of the molecule is COc1c(Cl)cc(C)cc1/C(O)=C1\C(=O)C(=O)N(CCCN(C)C)C1c1cccc(O)c1. The van der Waals surface area contributed by atoms with Gasteiger partial charge in [-0.15, -0.1) is 0 Å². The molecule has 7 nitrogen and oxygen atoms in total. The van der Waals surface area contributed by atoms with E-state index in [0.717, 1.165) is 12.1 Å². The van der Waals surface area contributed by atoms with Gasteiger partial charge >= 0.3 is 0 Å². The summed E-state index contributed by atoms with van der Waals surface area (Å²) in [6.07, 6.45) is 0.634. The third-order valence-corrected chi connectivity index (χ3v) is 5.66. The molecule has 1 aliphatic heterocycles. The van der Waals surface area contributed by atoms with Gasteiger partial charge in [0, 0.05) is 6.54 Å². The minimum Gasteiger partial charge on any atom is -0.508 e. The topological polar surface area (TPSA) is 90.3 Å². The number of methoxy groups -OCH3 is 1. The Hall–Kier alpha value is -3.03. The van der Waals surface area contributed by atoms with Crippen molar-refractivity contribution in [2.24, 2.45) is 0 Å². The predicted molar refractivity (Wildman–Crippen MR) is 123 cm³/mol. The zero-order valence-electron chi connectivity index (χ0n) is 18.6. The molecule has 1 fully saturated rings. The van der Waals surface area contributed by atoms with Crippen LogP contribution in [0.5, 0.6) is 11.5 Å². The van der Waals surface area contributed by atoms with Crippen LogP contribution in [0.15, 0.2) is 42.0 Å². The molecular weight excluding hydrogens is 432 g/mol. The number of benzene rings is 2. The molecule has 1 atom stereocenters. The zero-order chi connectivity index (χ0) is 23.6. The number of ketones is 1. The van der Waals surface area contributed by atoms with Crippen LogP contribution in [0, 0.1) is 6.92 Å². The first-order valence-electron chi connectivity index (χ1n) is 10.2. The molecule has 0 bridgehead atoms. The van der Waals surface area contributed by atoms with Gasteiger partial charge in [0.05, 0.1) is 29.3 Å². The van der Waals surface area contributed by atoms with Gasteiger partial charge in [-0.2, -0.15) is 0 Å². The Morgan fingerprint density at radius 2 is 1.94 bits per heavy atom. The molecule has 1 aliphatic rings. The zero-order valence-corrected chi connectivity index (χ0v) is 19.3. The van der Waals surface area contributed by atoms with Gasteiger partial charge in [-0.1, -0.05) is 23.7 Å². The maximum atomic E-state index is 13.1. The van der Waals surface area contributed by atoms with Crippen LogP contribution in [0.4, 0.5) is 0 Å². The molecule has 2 N–H and O–H groups in total. The second-order valence-electron chi connectivity index (χ2n) is 8.07. The van der Waals surface area contributed by atoms with E-state index in [1.807, 2.05) is 19.0 Å². The number of Topliss-reactive ketones (excluding diaryl/α,β-unsaturated/α-hetero) is 1. The number of halogens is 1. The van der Waals surface area contributed by atoms with Crippen molar-refractivity contribution in [1.82, 2.24) is 9.80 Å². The van der Waals surface area contributed by atoms with Crippen LogP contribution < -0.4 is 4.74 Å². The smallest absolute Gasteiger partial charge is 0.295 e. The predicted octanol–water partition coefficient (Wildman–Crippen LogP) is 3.74. The summed E-state index contributed by atoms with van der Waals surface area (Å²) in [7, 11) is 5.27. The molecule has 0 radical (unpaired) electrons. The number of hydrogen-bond donors (Lipinski definition) is 2. The lowest BCUT2D eigenvalue weighted by molar-refractivity contribution is -0.139. The number of phenols is 1. The number of carbonyl (C=O) groups is 2. The summed E-state index contributed by atoms with van der Waals surface area (Å²) < 4.78 is 5.37. The molecule has 8 heteroatoms. The first-order valence-corrected chi connectivity index (χ1v) is 10.6. The number of carbonyl (C=O) groups excluding carboxylic acids is 2. The maximum absolute atomic E-state index is 13.1. The number of nitrogens with zero attached hydrogens (tertiary/aromatic N) is 2. The Kier molecular flexibility index (Phi) is 7.11. The van der Waals surface area contributed by atoms with Crippen molar-refractivity contribution in [3.63, 3.8) is 0 Å². The second kappa shape index (κ2) is 9.63. The third kappa shape index (κ3) is 4.59. The minimum atomic E-state index is -0.853. The number of aliphatic hydroxyl groups is 1. The molecule has 0 saturated carbocycles. The average Bonchev–Trinajstić information content (AvgIpc) is 2.97. The van der Waals surface area contributed by atoms with Gasteiger partial charge in [0.2, 0.25) is 0 Å². The molecule has 0 aromatic heterocycles. The van der Waals surface area contributed by atoms with E-state index in [9.17, 15) is 19.8 Å². The fraction of sp³-hybridized carbons (Fsp3) is 0.333. The molecule has 170 valence electrons. The monoisotopic (exact) mass is 458 g/mol. The number of aryl methyl sites for hydroxylation is 1. The van der Waals surface area contributed by atoms with Gasteiger partial charge in [0.1, 0.15) is 17.3 Å². The molecular formula is C24H27ClN2O5. The summed E-state index contributed by atoms with van der Waals surface area (Å²) in [6, 6.07) is 8.82. The Balaban J connectivity index is 2.20. The molecule has 0 spiro atoms. The van der Waals surface area contributed by atoms with E-state index in [0.29, 0.717) is 18.5 Å². The van der Waals surface area contributed by atoms with Gasteiger partial charge in [-0.05, 0) is 69.4 Å². The van der Waals surface area contributed by atoms with Crippen LogP contribution in [0.25, 0.3) is 5.76 Å². The quantitative estimate of drug-likeness (QED) is 0.373. The highest BCUT2D eigenvalue weighted by Gasteiger charge is 2.46. The number of rotatable bonds is 7. The highest BCUT2D eigenvalue weighted by molar-refractivity contribution is 6.46. The van der Waals surface area contributed by atoms with Crippen LogP contribution in [0.1, 0.15) is 29.2 Å². The van der Waals surface area contributed by atoms with E-state index in [2.05, 4.69) is 0 Å². The third-order valence-electron chi connectivity index (χ3n) is 5.38. The van der Waals surface area contributed by atoms with Crippen molar-refractivity contribution in [2.75, 3.05) is 34.3 Å². The van der Waals surface area contributed by atoms with Gasteiger partial charge in [-0.25, -0.2) is 0 Å². The maximum Gasteiger partial charge on any atom is 0.295 e. The second-order valence-corrected chi connectivity index (χ2v) is 8.48. The van der Waals surface area contributed by atoms with Crippen LogP contribution in [-0.2, 0) is 9.59 Å². The van der Waals surface area contributed by atoms with Gasteiger partial charge in [0.15, 0.2) is 0 Å². The minimum absolute atomic E-state index is 0.00226. The van der Waals surface area contributed by atoms with Crippen molar-refractivity contribution < 1.29 is 24.5 Å². The summed E-state index contributed by atoms with van der Waals surface area (Å²) in [5.74, 6) is -1.65. The van der Waals surface area contributed by atoms with E-state index < -0.39 is 17.7 Å². The molecule has 2 aromatic carbocycles. The van der Waals surface area contributed by atoms with Crippen molar-refractivity contribution in [2.45, 2.75) is 19.4 Å². The summed E-state index contributed by atoms with van der Waals surface area (Å²) in [5.41, 5.74) is 1.44. The summed E-state index contributed by atoms with van der Waals surface area (Å²) >= 11 is 6.29. The van der Waals surface area contributed by atoms with Gasteiger partial charge in [-0.3, -0.25) is 9.59 Å². The van der Waals surface area contributed by atoms with Crippen molar-refractivity contribution >= 4 is 29.1 Å². The number of hydrogen-bond acceptors (Lipinski definition) is 6. The summed E-state index contributed by atoms with van der Waals surface area (Å²) in [4.78, 5) is 29.5. The van der Waals surface area contributed by atoms with Crippen LogP contribution in [0.3, 0.4) is 0 Å². The lowest BCUT2D eigenvalue weighted by Crippen LogP contribution is -2.32. The Labute approximate surface area is 192 Å². The number of phenolic OH excluding ortho intramolecular Hbond substituents is 1. The van der Waals surface area contributed by atoms with E-state index in [1.165, 1.54) is 24.1 Å². The molecule has 3 rings (SSSR count). The molecule has 1 heterocycles. The standard InChI is InChI=1S/C24H27ClN2O5/c1-14-11-17(23(32-4)18(25)12-14)21(29)19-20(15-7-5-8-16(28)13-15)27(24(31)22(19)30)10-6-9-26(2)3/h5,7-8,11-13,20,28-29H,6,9-10H2,1-4H3/b21-19+. The molecule has 2 aromatic rings. The van der Waals surface area contributed by atoms with Crippen LogP contribution >= 0.6 is 11.6 Å². The summed E-state index contributed by atoms with van der Waals surface area (Å²) in [5, 5.41) is 21.6. The largest absolute Gasteiger partial charge is 0.508 e. The van der Waals surface area contributed by atoms with Gasteiger partial charge in [0.25, 0.3) is 11.7 Å². The van der Waals surface area contributed by atoms with E-state index in [-0.39, 0.29) is 33.4 Å². The van der Waals surface area contributed by atoms with Gasteiger partial charge < -0.3 is 24.7 Å². The Bertz CT molecular complexity index is 1080. The van der Waals surface area contributed by atoms with Crippen molar-refractivity contribution in [3.05, 3.63) is 63.7 Å². The number of aromatic hydroxyl groups is 1. The number of ether oxygens (including phenoxy) is 1. The first-order chi connectivity index (χ1) is 15.1. The number of aliphatic hydroxyl groups excluding tert-OH is 1. The van der Waals surface area contributed by atoms with Crippen molar-refractivity contribution in [1.29, 1.82) is 0 Å². The molecule has 1 unspecified atom stereocenters. The fourth-order valence-electron chi connectivity index (χ4n) is 3.97. The summed E-state index contributed by atoms with van der Waals surface area (Å²) in [6.45, 7) is 2.83. The lowest BCUT2D eigenvalue weighted by Gasteiger charge is -2.26. The Morgan fingerprint density at radius 1 is 1.22 bits per heavy atom. The van der Waals surface area contributed by atoms with Crippen LogP contribution in [-0.4, -0.2) is 66.0 Å². The highest BCUT2D eigenvalue weighted by Crippen LogP contribution is 2.43. The highest BCUT2D eigenvalue weighted by atomic mass is 35.5. The first kappa shape index (κ1) is 23.6. The molecule has 1 saturated heterocycles. The number of likely N-dealkylation sites (tertiary alicyclic amines) is 1. The molecule has 32 heavy (non-hydrogen) atoms. The fourth-order valence-corrected chi connectivity index (χ4v) is 4.32. The number of amides is 1. The van der Waals surface area contributed by atoms with E-state index in [1.54, 1.807) is 31.2 Å². The normalized spacial score (nSPS) is 17.9. The molecule has 1 amide bonds. The lowest BCUT2D eigenvalue weighted by atomic mass is 9.94. The van der Waals surface area contributed by atoms with Crippen LogP contribution in [0.2, 0.25) is 5.02 Å². The average molecular weight is 459 g/mol. The van der Waals surface area contributed by atoms with E-state index in [4.69, 9.17) is 16.3 Å². The Morgan fingerprint density at radius 3 is 2.56 bits per heavy atom.